The number of nitrogens with zero attached hydrogens (tertiary/aromatic N) is 1. The lowest BCUT2D eigenvalue weighted by atomic mass is 9.77. The van der Waals surface area contributed by atoms with E-state index < -0.39 is 0 Å². The van der Waals surface area contributed by atoms with Crippen molar-refractivity contribution in [3.63, 3.8) is 0 Å². The lowest BCUT2D eigenvalue weighted by Gasteiger charge is -2.38. The van der Waals surface area contributed by atoms with Crippen LogP contribution in [-0.4, -0.2) is 23.3 Å². The quantitative estimate of drug-likeness (QED) is 0.666. The molecule has 1 saturated carbocycles. The molecule has 0 radical (unpaired) electrons. The van der Waals surface area contributed by atoms with Crippen LogP contribution in [0.15, 0.2) is 0 Å². The molecule has 84 valence electrons. The molecule has 0 aromatic heterocycles. The summed E-state index contributed by atoms with van der Waals surface area (Å²) in [6.45, 7) is 2.72. The van der Waals surface area contributed by atoms with Crippen LogP contribution in [0.4, 0.5) is 0 Å². The molecule has 0 N–H and O–H groups in total. The molecular weight excluding hydrogens is 190 g/mol. The summed E-state index contributed by atoms with van der Waals surface area (Å²) in [6.07, 6.45) is 5.83. The second-order valence-electron chi connectivity index (χ2n) is 4.74. The number of piperidine rings is 1. The molecule has 1 aliphatic carbocycles. The van der Waals surface area contributed by atoms with Crippen LogP contribution in [0.3, 0.4) is 0 Å². The number of rotatable bonds is 3. The lowest BCUT2D eigenvalue weighted by molar-refractivity contribution is -0.158. The molecule has 2 unspecified atom stereocenters. The van der Waals surface area contributed by atoms with Crippen molar-refractivity contribution in [2.75, 3.05) is 6.54 Å². The van der Waals surface area contributed by atoms with Crippen molar-refractivity contribution < 1.29 is 9.59 Å². The Morgan fingerprint density at radius 2 is 1.80 bits per heavy atom. The molecule has 15 heavy (non-hydrogen) atoms. The molecule has 2 atom stereocenters. The summed E-state index contributed by atoms with van der Waals surface area (Å²) >= 11 is 0. The van der Waals surface area contributed by atoms with Crippen LogP contribution in [0, 0.1) is 11.8 Å². The molecule has 2 bridgehead atoms. The van der Waals surface area contributed by atoms with E-state index in [-0.39, 0.29) is 23.7 Å². The van der Waals surface area contributed by atoms with Crippen molar-refractivity contribution in [3.05, 3.63) is 0 Å². The van der Waals surface area contributed by atoms with Gasteiger partial charge in [-0.15, -0.1) is 0 Å². The van der Waals surface area contributed by atoms with Gasteiger partial charge in [-0.3, -0.25) is 14.5 Å². The van der Waals surface area contributed by atoms with Crippen molar-refractivity contribution in [3.8, 4) is 0 Å². The minimum Gasteiger partial charge on any atom is -0.282 e. The Labute approximate surface area is 90.8 Å². The highest BCUT2D eigenvalue weighted by Crippen LogP contribution is 2.36. The molecule has 2 aliphatic rings. The van der Waals surface area contributed by atoms with Gasteiger partial charge in [0.15, 0.2) is 0 Å². The fourth-order valence-corrected chi connectivity index (χ4v) is 2.72. The van der Waals surface area contributed by atoms with Crippen LogP contribution in [0.5, 0.6) is 0 Å². The maximum Gasteiger partial charge on any atom is 0.232 e. The maximum absolute atomic E-state index is 12.0. The second kappa shape index (κ2) is 4.33. The Balaban J connectivity index is 2.08. The van der Waals surface area contributed by atoms with Gasteiger partial charge in [-0.2, -0.15) is 0 Å². The van der Waals surface area contributed by atoms with Gasteiger partial charge in [0.25, 0.3) is 0 Å². The number of carbonyl (C=O) groups is 2. The summed E-state index contributed by atoms with van der Waals surface area (Å²) in [5, 5.41) is 0. The third kappa shape index (κ3) is 1.92. The Morgan fingerprint density at radius 1 is 1.20 bits per heavy atom. The first-order valence-electron chi connectivity index (χ1n) is 6.09. The van der Waals surface area contributed by atoms with E-state index in [1.807, 2.05) is 0 Å². The molecule has 1 saturated heterocycles. The van der Waals surface area contributed by atoms with E-state index in [1.54, 1.807) is 0 Å². The van der Waals surface area contributed by atoms with Gasteiger partial charge in [-0.1, -0.05) is 19.8 Å². The number of unbranched alkanes of at least 4 members (excludes halogenated alkanes) is 1. The summed E-state index contributed by atoms with van der Waals surface area (Å²) in [6, 6.07) is 0. The van der Waals surface area contributed by atoms with Crippen LogP contribution in [0.2, 0.25) is 0 Å². The van der Waals surface area contributed by atoms with Crippen molar-refractivity contribution in [2.24, 2.45) is 11.8 Å². The van der Waals surface area contributed by atoms with Gasteiger partial charge < -0.3 is 0 Å². The van der Waals surface area contributed by atoms with Gasteiger partial charge in [0.1, 0.15) is 0 Å². The summed E-state index contributed by atoms with van der Waals surface area (Å²) in [5.74, 6) is 0.505. The molecule has 2 rings (SSSR count). The van der Waals surface area contributed by atoms with Crippen molar-refractivity contribution >= 4 is 11.8 Å². The first kappa shape index (κ1) is 10.7. The zero-order chi connectivity index (χ0) is 10.8. The number of hydrogen-bond donors (Lipinski definition) is 0. The van der Waals surface area contributed by atoms with Gasteiger partial charge >= 0.3 is 0 Å². The van der Waals surface area contributed by atoms with Gasteiger partial charge in [0.05, 0.1) is 0 Å². The van der Waals surface area contributed by atoms with Crippen LogP contribution in [0.1, 0.15) is 45.4 Å². The summed E-state index contributed by atoms with van der Waals surface area (Å²) in [7, 11) is 0. The molecular formula is C12H19NO2. The predicted molar refractivity (Wildman–Crippen MR) is 57.1 cm³/mol. The highest BCUT2D eigenvalue weighted by atomic mass is 16.2. The van der Waals surface area contributed by atoms with E-state index in [0.717, 1.165) is 38.5 Å². The summed E-state index contributed by atoms with van der Waals surface area (Å²) in [4.78, 5) is 25.4. The predicted octanol–water partition coefficient (Wildman–Crippen LogP) is 1.96. The number of hydrogen-bond acceptors (Lipinski definition) is 2. The Bertz CT molecular complexity index is 253. The Morgan fingerprint density at radius 3 is 2.33 bits per heavy atom. The standard InChI is InChI=1S/C12H19NO2/c1-2-3-7-13-11(14)9-5-4-6-10(8-9)12(13)15/h9-10H,2-8H2,1H3. The van der Waals surface area contributed by atoms with E-state index in [0.29, 0.717) is 6.54 Å². The minimum atomic E-state index is 0.101. The van der Waals surface area contributed by atoms with Gasteiger partial charge in [-0.05, 0) is 25.7 Å². The number of imide groups is 1. The molecule has 3 heteroatoms. The van der Waals surface area contributed by atoms with E-state index in [1.165, 1.54) is 4.90 Å². The molecule has 2 fully saturated rings. The highest BCUT2D eigenvalue weighted by Gasteiger charge is 2.42. The zero-order valence-electron chi connectivity index (χ0n) is 9.37. The normalized spacial score (nSPS) is 30.9. The average molecular weight is 209 g/mol. The zero-order valence-corrected chi connectivity index (χ0v) is 9.37. The van der Waals surface area contributed by atoms with Gasteiger partial charge in [0, 0.05) is 18.4 Å². The molecule has 0 aromatic carbocycles. The molecule has 0 spiro atoms. The lowest BCUT2D eigenvalue weighted by Crippen LogP contribution is -2.51. The number of fused-ring (bicyclic) bond motifs is 2. The van der Waals surface area contributed by atoms with E-state index in [2.05, 4.69) is 6.92 Å². The first-order valence-corrected chi connectivity index (χ1v) is 6.09. The second-order valence-corrected chi connectivity index (χ2v) is 4.74. The van der Waals surface area contributed by atoms with E-state index in [9.17, 15) is 9.59 Å². The number of likely N-dealkylation sites (tertiary alicyclic amines) is 1. The number of amides is 2. The SMILES string of the molecule is CCCCN1C(=O)C2CCCC(C2)C1=O. The van der Waals surface area contributed by atoms with Crippen LogP contribution < -0.4 is 0 Å². The smallest absolute Gasteiger partial charge is 0.232 e. The molecule has 1 heterocycles. The largest absolute Gasteiger partial charge is 0.282 e. The Hall–Kier alpha value is -0.860. The van der Waals surface area contributed by atoms with Crippen molar-refractivity contribution in [1.82, 2.24) is 4.90 Å². The highest BCUT2D eigenvalue weighted by molar-refractivity contribution is 6.00. The molecule has 3 nitrogen and oxygen atoms in total. The third-order valence-corrected chi connectivity index (χ3v) is 3.64. The molecule has 1 aliphatic heterocycles. The van der Waals surface area contributed by atoms with Crippen LogP contribution >= 0.6 is 0 Å². The van der Waals surface area contributed by atoms with E-state index in [4.69, 9.17) is 0 Å². The van der Waals surface area contributed by atoms with Crippen LogP contribution in [0.25, 0.3) is 0 Å². The fraction of sp³-hybridized carbons (Fsp3) is 0.833. The molecule has 2 amide bonds. The van der Waals surface area contributed by atoms with E-state index >= 15 is 0 Å². The van der Waals surface area contributed by atoms with Crippen LogP contribution in [-0.2, 0) is 9.59 Å². The fourth-order valence-electron chi connectivity index (χ4n) is 2.72. The maximum atomic E-state index is 12.0. The minimum absolute atomic E-state index is 0.101. The van der Waals surface area contributed by atoms with Gasteiger partial charge in [0.2, 0.25) is 11.8 Å². The van der Waals surface area contributed by atoms with Crippen molar-refractivity contribution in [1.29, 1.82) is 0 Å². The average Bonchev–Trinajstić information content (AvgIpc) is 2.27. The third-order valence-electron chi connectivity index (χ3n) is 3.64. The summed E-state index contributed by atoms with van der Waals surface area (Å²) < 4.78 is 0. The first-order chi connectivity index (χ1) is 7.24. The summed E-state index contributed by atoms with van der Waals surface area (Å²) in [5.41, 5.74) is 0. The number of carbonyl (C=O) groups excluding carboxylic acids is 2. The monoisotopic (exact) mass is 209 g/mol. The van der Waals surface area contributed by atoms with Crippen molar-refractivity contribution in [2.45, 2.75) is 45.4 Å². The topological polar surface area (TPSA) is 37.4 Å². The molecule has 0 aromatic rings. The van der Waals surface area contributed by atoms with Gasteiger partial charge in [-0.25, -0.2) is 0 Å². The Kier molecular flexibility index (Phi) is 3.08.